The zero-order chi connectivity index (χ0) is 24.3. The monoisotopic (exact) mass is 470 g/mol. The Morgan fingerprint density at radius 2 is 1.47 bits per heavy atom. The zero-order valence-electron chi connectivity index (χ0n) is 17.7. The molecule has 0 aliphatic carbocycles. The fourth-order valence-corrected chi connectivity index (χ4v) is 2.71. The fourth-order valence-electron chi connectivity index (χ4n) is 2.71. The minimum Gasteiger partial charge on any atom is -0.457 e. The molecule has 0 unspecified atom stereocenters. The van der Waals surface area contributed by atoms with Crippen LogP contribution in [-0.2, 0) is 14.3 Å². The van der Waals surface area contributed by atoms with E-state index in [9.17, 15) is 23.2 Å². The molecule has 176 valence electrons. The van der Waals surface area contributed by atoms with E-state index in [1.807, 2.05) is 18.2 Å². The third-order valence-electron chi connectivity index (χ3n) is 4.23. The second-order valence-electron chi connectivity index (χ2n) is 6.71. The van der Waals surface area contributed by atoms with E-state index >= 15 is 0 Å². The van der Waals surface area contributed by atoms with E-state index in [4.69, 9.17) is 9.47 Å². The number of amides is 2. The van der Waals surface area contributed by atoms with Gasteiger partial charge in [0, 0.05) is 5.56 Å². The number of carbonyl (C=O) groups is 3. The Bertz CT molecular complexity index is 1120. The van der Waals surface area contributed by atoms with Crippen LogP contribution in [0.2, 0.25) is 0 Å². The first kappa shape index (κ1) is 24.2. The molecule has 2 N–H and O–H groups in total. The number of para-hydroxylation sites is 3. The Balaban J connectivity index is 1.41. The van der Waals surface area contributed by atoms with Crippen LogP contribution in [0, 0.1) is 0 Å². The normalized spacial score (nSPS) is 10.3. The first-order chi connectivity index (χ1) is 16.4. The average Bonchev–Trinajstić information content (AvgIpc) is 2.83. The lowest BCUT2D eigenvalue weighted by Gasteiger charge is -2.12. The molecule has 0 radical (unpaired) electrons. The largest absolute Gasteiger partial charge is 0.457 e. The van der Waals surface area contributed by atoms with Crippen LogP contribution in [0.3, 0.4) is 0 Å². The van der Waals surface area contributed by atoms with Gasteiger partial charge in [-0.1, -0.05) is 30.3 Å². The highest BCUT2D eigenvalue weighted by Gasteiger charge is 2.14. The van der Waals surface area contributed by atoms with Crippen LogP contribution >= 0.6 is 0 Å². The van der Waals surface area contributed by atoms with Crippen molar-refractivity contribution in [1.29, 1.82) is 0 Å². The standard InChI is InChI=1S/C24H20F2N2O6/c25-24(26)34-20-9-5-4-8-19(20)28-21(29)15-32-22(30)14-27-23(31)16-10-12-18(13-11-16)33-17-6-2-1-3-7-17/h1-13,24H,14-15H2,(H,27,31)(H,28,29). The third kappa shape index (κ3) is 7.59. The number of nitrogens with one attached hydrogen (secondary N) is 2. The molecule has 2 amide bonds. The maximum absolute atomic E-state index is 12.4. The number of anilines is 1. The van der Waals surface area contributed by atoms with Crippen molar-refractivity contribution in [1.82, 2.24) is 5.32 Å². The Kier molecular flexibility index (Phi) is 8.50. The number of carbonyl (C=O) groups excluding carboxylic acids is 3. The van der Waals surface area contributed by atoms with Gasteiger partial charge in [-0.3, -0.25) is 14.4 Å². The molecule has 0 aliphatic heterocycles. The number of alkyl halides is 2. The molecule has 3 aromatic carbocycles. The SMILES string of the molecule is O=C(COC(=O)CNC(=O)c1ccc(Oc2ccccc2)cc1)Nc1ccccc1OC(F)F. The molecule has 0 bridgehead atoms. The summed E-state index contributed by atoms with van der Waals surface area (Å²) in [5, 5.41) is 4.69. The second-order valence-corrected chi connectivity index (χ2v) is 6.71. The van der Waals surface area contributed by atoms with Crippen LogP contribution in [0.1, 0.15) is 10.4 Å². The number of ether oxygens (including phenoxy) is 3. The molecule has 3 aromatic rings. The van der Waals surface area contributed by atoms with E-state index in [1.54, 1.807) is 24.3 Å². The van der Waals surface area contributed by atoms with Gasteiger partial charge in [-0.05, 0) is 48.5 Å². The van der Waals surface area contributed by atoms with Gasteiger partial charge in [0.1, 0.15) is 23.8 Å². The molecule has 0 saturated heterocycles. The molecule has 0 spiro atoms. The number of hydrogen-bond donors (Lipinski definition) is 2. The van der Waals surface area contributed by atoms with Crippen molar-refractivity contribution in [2.24, 2.45) is 0 Å². The van der Waals surface area contributed by atoms with E-state index < -0.39 is 37.5 Å². The van der Waals surface area contributed by atoms with Crippen LogP contribution < -0.4 is 20.1 Å². The lowest BCUT2D eigenvalue weighted by Crippen LogP contribution is -2.32. The molecule has 0 fully saturated rings. The van der Waals surface area contributed by atoms with Crippen molar-refractivity contribution in [3.63, 3.8) is 0 Å². The number of benzene rings is 3. The number of esters is 1. The zero-order valence-corrected chi connectivity index (χ0v) is 17.7. The molecule has 0 aliphatic rings. The van der Waals surface area contributed by atoms with Gasteiger partial charge in [-0.15, -0.1) is 0 Å². The van der Waals surface area contributed by atoms with Crippen molar-refractivity contribution in [2.45, 2.75) is 6.61 Å². The summed E-state index contributed by atoms with van der Waals surface area (Å²) in [6.45, 7) is -4.21. The predicted molar refractivity (Wildman–Crippen MR) is 118 cm³/mol. The Hall–Kier alpha value is -4.47. The predicted octanol–water partition coefficient (Wildman–Crippen LogP) is 3.99. The summed E-state index contributed by atoms with van der Waals surface area (Å²) in [6, 6.07) is 21.0. The summed E-state index contributed by atoms with van der Waals surface area (Å²) >= 11 is 0. The summed E-state index contributed by atoms with van der Waals surface area (Å²) in [6.07, 6.45) is 0. The topological polar surface area (TPSA) is 103 Å². The van der Waals surface area contributed by atoms with E-state index in [0.717, 1.165) is 0 Å². The fraction of sp³-hybridized carbons (Fsp3) is 0.125. The van der Waals surface area contributed by atoms with Gasteiger partial charge < -0.3 is 24.8 Å². The smallest absolute Gasteiger partial charge is 0.387 e. The summed E-state index contributed by atoms with van der Waals surface area (Å²) in [5.41, 5.74) is 0.290. The van der Waals surface area contributed by atoms with Gasteiger partial charge in [0.25, 0.3) is 11.8 Å². The Morgan fingerprint density at radius 3 is 2.18 bits per heavy atom. The first-order valence-electron chi connectivity index (χ1n) is 10.0. The van der Waals surface area contributed by atoms with Crippen LogP contribution in [0.4, 0.5) is 14.5 Å². The van der Waals surface area contributed by atoms with E-state index in [0.29, 0.717) is 17.1 Å². The minimum atomic E-state index is -3.06. The minimum absolute atomic E-state index is 0.00292. The van der Waals surface area contributed by atoms with Crippen LogP contribution in [0.5, 0.6) is 17.2 Å². The molecule has 34 heavy (non-hydrogen) atoms. The van der Waals surface area contributed by atoms with Gasteiger partial charge in [-0.25, -0.2) is 0 Å². The van der Waals surface area contributed by atoms with Crippen molar-refractivity contribution in [3.05, 3.63) is 84.4 Å². The van der Waals surface area contributed by atoms with Crippen molar-refractivity contribution in [3.8, 4) is 17.2 Å². The quantitative estimate of drug-likeness (QED) is 0.435. The maximum Gasteiger partial charge on any atom is 0.387 e. The number of halogens is 2. The molecule has 3 rings (SSSR count). The van der Waals surface area contributed by atoms with Gasteiger partial charge in [-0.2, -0.15) is 8.78 Å². The van der Waals surface area contributed by atoms with Crippen molar-refractivity contribution < 1.29 is 37.4 Å². The van der Waals surface area contributed by atoms with Crippen LogP contribution in [0.25, 0.3) is 0 Å². The van der Waals surface area contributed by atoms with Crippen molar-refractivity contribution >= 4 is 23.5 Å². The molecule has 0 atom stereocenters. The van der Waals surface area contributed by atoms with Gasteiger partial charge in [0.2, 0.25) is 0 Å². The summed E-state index contributed by atoms with van der Waals surface area (Å²) < 4.78 is 39.6. The van der Waals surface area contributed by atoms with Crippen molar-refractivity contribution in [2.75, 3.05) is 18.5 Å². The lowest BCUT2D eigenvalue weighted by atomic mass is 10.2. The van der Waals surface area contributed by atoms with Gasteiger partial charge in [0.05, 0.1) is 5.69 Å². The molecule has 0 aromatic heterocycles. The van der Waals surface area contributed by atoms with Crippen LogP contribution in [0.15, 0.2) is 78.9 Å². The highest BCUT2D eigenvalue weighted by molar-refractivity contribution is 5.97. The summed E-state index contributed by atoms with van der Waals surface area (Å²) in [5.74, 6) is -1.19. The molecular formula is C24H20F2N2O6. The number of hydrogen-bond acceptors (Lipinski definition) is 6. The van der Waals surface area contributed by atoms with Crippen LogP contribution in [-0.4, -0.2) is 37.5 Å². The second kappa shape index (κ2) is 12.0. The summed E-state index contributed by atoms with van der Waals surface area (Å²) in [7, 11) is 0. The first-order valence-corrected chi connectivity index (χ1v) is 10.0. The Morgan fingerprint density at radius 1 is 0.824 bits per heavy atom. The highest BCUT2D eigenvalue weighted by Crippen LogP contribution is 2.25. The molecule has 0 saturated carbocycles. The third-order valence-corrected chi connectivity index (χ3v) is 4.23. The average molecular weight is 470 g/mol. The summed E-state index contributed by atoms with van der Waals surface area (Å²) in [4.78, 5) is 36.0. The molecule has 0 heterocycles. The highest BCUT2D eigenvalue weighted by atomic mass is 19.3. The molecular weight excluding hydrogens is 450 g/mol. The van der Waals surface area contributed by atoms with Gasteiger partial charge in [0.15, 0.2) is 6.61 Å². The Labute approximate surface area is 193 Å². The van der Waals surface area contributed by atoms with E-state index in [-0.39, 0.29) is 11.4 Å². The maximum atomic E-state index is 12.4. The van der Waals surface area contributed by atoms with E-state index in [1.165, 1.54) is 36.4 Å². The van der Waals surface area contributed by atoms with Gasteiger partial charge >= 0.3 is 12.6 Å². The van der Waals surface area contributed by atoms with E-state index in [2.05, 4.69) is 15.4 Å². The number of rotatable bonds is 10. The molecule has 10 heteroatoms. The molecule has 8 nitrogen and oxygen atoms in total. The lowest BCUT2D eigenvalue weighted by molar-refractivity contribution is -0.146.